The fourth-order valence-corrected chi connectivity index (χ4v) is 1.80. The largest absolute Gasteiger partial charge is 0.477 e. The highest BCUT2D eigenvalue weighted by Gasteiger charge is 2.19. The average molecular weight is 282 g/mol. The molecule has 19 heavy (non-hydrogen) atoms. The molecule has 1 N–H and O–H groups in total. The first-order valence-electron chi connectivity index (χ1n) is 5.15. The molecule has 0 saturated carbocycles. The molecular formula is C11H8ClN3O4. The summed E-state index contributed by atoms with van der Waals surface area (Å²) in [4.78, 5) is 24.9. The third-order valence-electron chi connectivity index (χ3n) is 2.51. The van der Waals surface area contributed by atoms with Crippen LogP contribution in [0.1, 0.15) is 16.1 Å². The molecule has 0 spiro atoms. The topological polar surface area (TPSA) is 98.3 Å². The number of nitrogens with zero attached hydrogens (tertiary/aromatic N) is 3. The van der Waals surface area contributed by atoms with E-state index < -0.39 is 10.9 Å². The van der Waals surface area contributed by atoms with Crippen molar-refractivity contribution in [3.63, 3.8) is 0 Å². The molecule has 2 rings (SSSR count). The molecule has 2 aromatic heterocycles. The van der Waals surface area contributed by atoms with E-state index in [1.165, 1.54) is 23.2 Å². The van der Waals surface area contributed by atoms with Crippen LogP contribution >= 0.6 is 11.6 Å². The highest BCUT2D eigenvalue weighted by atomic mass is 35.5. The van der Waals surface area contributed by atoms with Crippen molar-refractivity contribution >= 4 is 23.3 Å². The number of carboxylic acid groups (broad SMARTS) is 1. The molecule has 0 unspecified atom stereocenters. The second-order valence-electron chi connectivity index (χ2n) is 3.74. The molecule has 8 heteroatoms. The van der Waals surface area contributed by atoms with Crippen LogP contribution in [0.3, 0.4) is 0 Å². The van der Waals surface area contributed by atoms with E-state index in [4.69, 9.17) is 16.7 Å². The van der Waals surface area contributed by atoms with Gasteiger partial charge in [-0.15, -0.1) is 0 Å². The summed E-state index contributed by atoms with van der Waals surface area (Å²) in [7, 11) is 0. The van der Waals surface area contributed by atoms with Crippen molar-refractivity contribution in [2.45, 2.75) is 6.54 Å². The highest BCUT2D eigenvalue weighted by Crippen LogP contribution is 2.20. The maximum absolute atomic E-state index is 11.0. The number of rotatable bonds is 4. The Morgan fingerprint density at radius 2 is 2.32 bits per heavy atom. The van der Waals surface area contributed by atoms with Crippen LogP contribution in [0, 0.1) is 10.1 Å². The minimum absolute atomic E-state index is 0.122. The van der Waals surface area contributed by atoms with Crippen LogP contribution in [-0.4, -0.2) is 25.6 Å². The van der Waals surface area contributed by atoms with E-state index in [9.17, 15) is 14.9 Å². The summed E-state index contributed by atoms with van der Waals surface area (Å²) in [6.07, 6.45) is 4.11. The molecule has 0 radical (unpaired) electrons. The van der Waals surface area contributed by atoms with Gasteiger partial charge in [-0.25, -0.2) is 4.79 Å². The maximum Gasteiger partial charge on any atom is 0.352 e. The van der Waals surface area contributed by atoms with E-state index in [0.717, 1.165) is 6.07 Å². The Morgan fingerprint density at radius 1 is 1.58 bits per heavy atom. The molecule has 0 bridgehead atoms. The molecule has 0 atom stereocenters. The third-order valence-corrected chi connectivity index (χ3v) is 2.85. The molecule has 0 fully saturated rings. The van der Waals surface area contributed by atoms with Crippen molar-refractivity contribution < 1.29 is 14.8 Å². The Hall–Kier alpha value is -2.41. The van der Waals surface area contributed by atoms with E-state index >= 15 is 0 Å². The molecule has 0 aromatic carbocycles. The number of carboxylic acids is 1. The molecule has 0 amide bonds. The highest BCUT2D eigenvalue weighted by molar-refractivity contribution is 6.31. The predicted molar refractivity (Wildman–Crippen MR) is 66.4 cm³/mol. The van der Waals surface area contributed by atoms with Gasteiger partial charge in [0.2, 0.25) is 0 Å². The molecular weight excluding hydrogens is 274 g/mol. The normalized spacial score (nSPS) is 10.4. The van der Waals surface area contributed by atoms with Gasteiger partial charge in [0.1, 0.15) is 5.69 Å². The zero-order valence-electron chi connectivity index (χ0n) is 9.49. The Kier molecular flexibility index (Phi) is 3.48. The quantitative estimate of drug-likeness (QED) is 0.684. The standard InChI is InChI=1S/C11H8ClN3O4/c12-9-4-13-2-1-7(9)5-14-6-8(15(18)19)3-10(14)11(16)17/h1-4,6H,5H2,(H,16,17). The average Bonchev–Trinajstić information content (AvgIpc) is 2.76. The lowest BCUT2D eigenvalue weighted by Crippen LogP contribution is -2.08. The molecule has 0 aliphatic heterocycles. The number of aromatic carboxylic acids is 1. The van der Waals surface area contributed by atoms with Crippen LogP contribution in [-0.2, 0) is 6.54 Å². The number of hydrogen-bond acceptors (Lipinski definition) is 4. The fourth-order valence-electron chi connectivity index (χ4n) is 1.62. The first-order chi connectivity index (χ1) is 8.99. The lowest BCUT2D eigenvalue weighted by Gasteiger charge is -2.06. The number of aromatic nitrogens is 2. The van der Waals surface area contributed by atoms with Crippen molar-refractivity contribution in [2.75, 3.05) is 0 Å². The molecule has 0 aliphatic rings. The van der Waals surface area contributed by atoms with E-state index in [1.807, 2.05) is 0 Å². The molecule has 2 aromatic rings. The zero-order valence-corrected chi connectivity index (χ0v) is 10.2. The van der Waals surface area contributed by atoms with Crippen molar-refractivity contribution in [2.24, 2.45) is 0 Å². The van der Waals surface area contributed by atoms with Gasteiger partial charge in [0, 0.05) is 25.0 Å². The molecule has 2 heterocycles. The van der Waals surface area contributed by atoms with Gasteiger partial charge in [-0.1, -0.05) is 11.6 Å². The Morgan fingerprint density at radius 3 is 2.89 bits per heavy atom. The van der Waals surface area contributed by atoms with E-state index in [2.05, 4.69) is 4.98 Å². The smallest absolute Gasteiger partial charge is 0.352 e. The monoisotopic (exact) mass is 281 g/mol. The number of hydrogen-bond donors (Lipinski definition) is 1. The summed E-state index contributed by atoms with van der Waals surface area (Å²) in [6, 6.07) is 2.64. The van der Waals surface area contributed by atoms with Gasteiger partial charge in [0.25, 0.3) is 5.69 Å². The molecule has 98 valence electrons. The second-order valence-corrected chi connectivity index (χ2v) is 4.15. The van der Waals surface area contributed by atoms with E-state index in [0.29, 0.717) is 10.6 Å². The predicted octanol–water partition coefficient (Wildman–Crippen LogP) is 2.19. The number of carbonyl (C=O) groups is 1. The van der Waals surface area contributed by atoms with Crippen LogP contribution < -0.4 is 0 Å². The molecule has 7 nitrogen and oxygen atoms in total. The van der Waals surface area contributed by atoms with Crippen LogP contribution in [0.5, 0.6) is 0 Å². The first kappa shape index (κ1) is 13.0. The van der Waals surface area contributed by atoms with E-state index in [1.54, 1.807) is 6.07 Å². The van der Waals surface area contributed by atoms with Gasteiger partial charge in [0.15, 0.2) is 0 Å². The summed E-state index contributed by atoms with van der Waals surface area (Å²) in [6.45, 7) is 0.122. The van der Waals surface area contributed by atoms with Gasteiger partial charge in [-0.2, -0.15) is 0 Å². The Labute approximate surface area is 112 Å². The van der Waals surface area contributed by atoms with Crippen molar-refractivity contribution in [1.29, 1.82) is 0 Å². The van der Waals surface area contributed by atoms with Gasteiger partial charge in [-0.05, 0) is 11.6 Å². The summed E-state index contributed by atoms with van der Waals surface area (Å²) >= 11 is 5.92. The lowest BCUT2D eigenvalue weighted by molar-refractivity contribution is -0.384. The molecule has 0 aliphatic carbocycles. The van der Waals surface area contributed by atoms with Crippen molar-refractivity contribution in [3.8, 4) is 0 Å². The van der Waals surface area contributed by atoms with Gasteiger partial charge in [0.05, 0.1) is 16.1 Å². The maximum atomic E-state index is 11.0. The van der Waals surface area contributed by atoms with Crippen LogP contribution in [0.2, 0.25) is 5.02 Å². The van der Waals surface area contributed by atoms with Gasteiger partial charge >= 0.3 is 5.97 Å². The van der Waals surface area contributed by atoms with Crippen molar-refractivity contribution in [1.82, 2.24) is 9.55 Å². The zero-order chi connectivity index (χ0) is 14.0. The van der Waals surface area contributed by atoms with Crippen LogP contribution in [0.4, 0.5) is 5.69 Å². The molecule has 0 saturated heterocycles. The van der Waals surface area contributed by atoms with Gasteiger partial charge < -0.3 is 9.67 Å². The summed E-state index contributed by atoms with van der Waals surface area (Å²) in [5, 5.41) is 20.1. The SMILES string of the molecule is O=C(O)c1cc([N+](=O)[O-])cn1Cc1ccncc1Cl. The summed E-state index contributed by atoms with van der Waals surface area (Å²) < 4.78 is 1.27. The third kappa shape index (κ3) is 2.71. The number of pyridine rings is 1. The van der Waals surface area contributed by atoms with Crippen LogP contribution in [0.25, 0.3) is 0 Å². The minimum Gasteiger partial charge on any atom is -0.477 e. The summed E-state index contributed by atoms with van der Waals surface area (Å²) in [5.74, 6) is -1.24. The number of nitro groups is 1. The fraction of sp³-hybridized carbons (Fsp3) is 0.0909. The van der Waals surface area contributed by atoms with Crippen molar-refractivity contribution in [3.05, 3.63) is 57.1 Å². The number of halogens is 1. The van der Waals surface area contributed by atoms with Gasteiger partial charge in [-0.3, -0.25) is 15.1 Å². The Balaban J connectivity index is 2.42. The van der Waals surface area contributed by atoms with Crippen LogP contribution in [0.15, 0.2) is 30.7 Å². The summed E-state index contributed by atoms with van der Waals surface area (Å²) in [5.41, 5.74) is 0.187. The lowest BCUT2D eigenvalue weighted by atomic mass is 10.2. The Bertz CT molecular complexity index is 653. The minimum atomic E-state index is -1.24. The first-order valence-corrected chi connectivity index (χ1v) is 5.53. The van der Waals surface area contributed by atoms with E-state index in [-0.39, 0.29) is 17.9 Å². The second kappa shape index (κ2) is 5.07.